The molecule has 0 atom stereocenters. The monoisotopic (exact) mass is 400 g/mol. The van der Waals surface area contributed by atoms with Gasteiger partial charge in [-0.2, -0.15) is 0 Å². The number of carbonyl (C=O) groups excluding carboxylic acids is 1. The fourth-order valence-corrected chi connectivity index (χ4v) is 4.08. The van der Waals surface area contributed by atoms with Gasteiger partial charge in [-0.1, -0.05) is 30.0 Å². The molecule has 1 aliphatic heterocycles. The number of hydrogen-bond acceptors (Lipinski definition) is 5. The molecule has 0 spiro atoms. The SMILES string of the molecule is COc1cccc(Sc2ccccc2N2CCN(C(=O)OC(C)(C)C)CC2)c1. The number of rotatable bonds is 4. The number of carbonyl (C=O) groups is 1. The Morgan fingerprint density at radius 3 is 2.39 bits per heavy atom. The van der Waals surface area contributed by atoms with Gasteiger partial charge in [-0.15, -0.1) is 0 Å². The van der Waals surface area contributed by atoms with Crippen LogP contribution in [-0.4, -0.2) is 49.9 Å². The lowest BCUT2D eigenvalue weighted by Gasteiger charge is -2.37. The third-order valence-corrected chi connectivity index (χ3v) is 5.46. The van der Waals surface area contributed by atoms with Gasteiger partial charge in [-0.25, -0.2) is 4.79 Å². The molecule has 0 aliphatic carbocycles. The molecular formula is C22H28N2O3S. The Labute approximate surface area is 171 Å². The molecule has 6 heteroatoms. The molecule has 1 aliphatic rings. The summed E-state index contributed by atoms with van der Waals surface area (Å²) in [5, 5.41) is 0. The van der Waals surface area contributed by atoms with Gasteiger partial charge in [0.05, 0.1) is 12.8 Å². The zero-order valence-corrected chi connectivity index (χ0v) is 17.8. The highest BCUT2D eigenvalue weighted by Gasteiger charge is 2.26. The van der Waals surface area contributed by atoms with Gasteiger partial charge in [-0.05, 0) is 51.1 Å². The van der Waals surface area contributed by atoms with Gasteiger partial charge in [0.25, 0.3) is 0 Å². The summed E-state index contributed by atoms with van der Waals surface area (Å²) >= 11 is 1.73. The molecule has 2 aromatic rings. The molecule has 0 aromatic heterocycles. The van der Waals surface area contributed by atoms with Crippen LogP contribution in [0.25, 0.3) is 0 Å². The molecule has 3 rings (SSSR count). The van der Waals surface area contributed by atoms with Crippen molar-refractivity contribution >= 4 is 23.5 Å². The number of anilines is 1. The van der Waals surface area contributed by atoms with Crippen LogP contribution in [0.3, 0.4) is 0 Å². The molecule has 0 saturated carbocycles. The van der Waals surface area contributed by atoms with Crippen LogP contribution in [0.2, 0.25) is 0 Å². The predicted molar refractivity (Wildman–Crippen MR) is 114 cm³/mol. The van der Waals surface area contributed by atoms with Gasteiger partial charge < -0.3 is 19.3 Å². The Morgan fingerprint density at radius 1 is 1.00 bits per heavy atom. The lowest BCUT2D eigenvalue weighted by Crippen LogP contribution is -2.50. The Bertz CT molecular complexity index is 811. The maximum absolute atomic E-state index is 12.3. The highest BCUT2D eigenvalue weighted by Crippen LogP contribution is 2.36. The zero-order valence-electron chi connectivity index (χ0n) is 17.0. The van der Waals surface area contributed by atoms with Gasteiger partial charge in [0.15, 0.2) is 0 Å². The lowest BCUT2D eigenvalue weighted by molar-refractivity contribution is 0.0240. The van der Waals surface area contributed by atoms with E-state index in [2.05, 4.69) is 35.2 Å². The second-order valence-electron chi connectivity index (χ2n) is 7.70. The van der Waals surface area contributed by atoms with Gasteiger partial charge in [0.2, 0.25) is 0 Å². The van der Waals surface area contributed by atoms with E-state index >= 15 is 0 Å². The molecule has 0 N–H and O–H groups in total. The number of piperazine rings is 1. The minimum atomic E-state index is -0.464. The molecule has 2 aromatic carbocycles. The van der Waals surface area contributed by atoms with E-state index < -0.39 is 5.60 Å². The van der Waals surface area contributed by atoms with Crippen molar-refractivity contribution in [3.05, 3.63) is 48.5 Å². The Morgan fingerprint density at radius 2 is 1.71 bits per heavy atom. The molecule has 1 fully saturated rings. The predicted octanol–water partition coefficient (Wildman–Crippen LogP) is 4.90. The van der Waals surface area contributed by atoms with E-state index in [-0.39, 0.29) is 6.09 Å². The highest BCUT2D eigenvalue weighted by atomic mass is 32.2. The molecule has 0 unspecified atom stereocenters. The third kappa shape index (κ3) is 5.35. The molecule has 5 nitrogen and oxygen atoms in total. The summed E-state index contributed by atoms with van der Waals surface area (Å²) in [4.78, 5) is 18.8. The summed E-state index contributed by atoms with van der Waals surface area (Å²) in [6.07, 6.45) is -0.230. The molecule has 1 saturated heterocycles. The standard InChI is InChI=1S/C22H28N2O3S/c1-22(2,3)27-21(25)24-14-12-23(13-15-24)19-10-5-6-11-20(19)28-18-9-7-8-17(16-18)26-4/h5-11,16H,12-15H2,1-4H3. The maximum Gasteiger partial charge on any atom is 0.410 e. The molecule has 28 heavy (non-hydrogen) atoms. The van der Waals surface area contributed by atoms with E-state index in [4.69, 9.17) is 9.47 Å². The zero-order chi connectivity index (χ0) is 20.1. The minimum absolute atomic E-state index is 0.230. The van der Waals surface area contributed by atoms with Crippen molar-refractivity contribution in [1.82, 2.24) is 4.90 Å². The number of para-hydroxylation sites is 1. The smallest absolute Gasteiger partial charge is 0.410 e. The molecule has 0 radical (unpaired) electrons. The minimum Gasteiger partial charge on any atom is -0.497 e. The Balaban J connectivity index is 1.68. The van der Waals surface area contributed by atoms with Crippen molar-refractivity contribution in [2.45, 2.75) is 36.2 Å². The number of hydrogen-bond donors (Lipinski definition) is 0. The van der Waals surface area contributed by atoms with Crippen molar-refractivity contribution in [3.63, 3.8) is 0 Å². The van der Waals surface area contributed by atoms with Gasteiger partial charge in [0, 0.05) is 36.0 Å². The van der Waals surface area contributed by atoms with Crippen LogP contribution in [0.1, 0.15) is 20.8 Å². The molecule has 150 valence electrons. The van der Waals surface area contributed by atoms with Crippen LogP contribution in [-0.2, 0) is 4.74 Å². The molecule has 1 heterocycles. The summed E-state index contributed by atoms with van der Waals surface area (Å²) in [5.74, 6) is 0.855. The Kier molecular flexibility index (Phi) is 6.39. The summed E-state index contributed by atoms with van der Waals surface area (Å²) in [6.45, 7) is 8.58. The average Bonchev–Trinajstić information content (AvgIpc) is 2.67. The van der Waals surface area contributed by atoms with E-state index in [1.807, 2.05) is 39.0 Å². The van der Waals surface area contributed by atoms with E-state index in [1.54, 1.807) is 23.8 Å². The highest BCUT2D eigenvalue weighted by molar-refractivity contribution is 7.99. The van der Waals surface area contributed by atoms with E-state index in [9.17, 15) is 4.79 Å². The number of ether oxygens (including phenoxy) is 2. The van der Waals surface area contributed by atoms with Crippen LogP contribution in [0.4, 0.5) is 10.5 Å². The third-order valence-electron chi connectivity index (χ3n) is 4.41. The number of amides is 1. The van der Waals surface area contributed by atoms with Crippen LogP contribution >= 0.6 is 11.8 Å². The molecule has 0 bridgehead atoms. The summed E-state index contributed by atoms with van der Waals surface area (Å²) < 4.78 is 10.8. The first-order chi connectivity index (χ1) is 13.4. The quantitative estimate of drug-likeness (QED) is 0.730. The van der Waals surface area contributed by atoms with Gasteiger partial charge in [0.1, 0.15) is 11.4 Å². The van der Waals surface area contributed by atoms with Crippen molar-refractivity contribution in [3.8, 4) is 5.75 Å². The maximum atomic E-state index is 12.3. The number of benzene rings is 2. The summed E-state index contributed by atoms with van der Waals surface area (Å²) in [5.41, 5.74) is 0.730. The second-order valence-corrected chi connectivity index (χ2v) is 8.82. The van der Waals surface area contributed by atoms with Crippen LogP contribution in [0.15, 0.2) is 58.3 Å². The van der Waals surface area contributed by atoms with Crippen LogP contribution in [0, 0.1) is 0 Å². The van der Waals surface area contributed by atoms with Crippen molar-refractivity contribution in [2.24, 2.45) is 0 Å². The first-order valence-corrected chi connectivity index (χ1v) is 10.3. The first-order valence-electron chi connectivity index (χ1n) is 9.49. The van der Waals surface area contributed by atoms with E-state index in [1.165, 1.54) is 10.6 Å². The summed E-state index contributed by atoms with van der Waals surface area (Å²) in [6, 6.07) is 16.5. The average molecular weight is 401 g/mol. The van der Waals surface area contributed by atoms with Gasteiger partial charge >= 0.3 is 6.09 Å². The molecule has 1 amide bonds. The van der Waals surface area contributed by atoms with Crippen LogP contribution in [0.5, 0.6) is 5.75 Å². The van der Waals surface area contributed by atoms with Gasteiger partial charge in [-0.3, -0.25) is 0 Å². The Hall–Kier alpha value is -2.34. The van der Waals surface area contributed by atoms with Crippen molar-refractivity contribution < 1.29 is 14.3 Å². The topological polar surface area (TPSA) is 42.0 Å². The normalized spacial score (nSPS) is 14.7. The van der Waals surface area contributed by atoms with E-state index in [0.29, 0.717) is 13.1 Å². The van der Waals surface area contributed by atoms with E-state index in [0.717, 1.165) is 23.7 Å². The van der Waals surface area contributed by atoms with Crippen LogP contribution < -0.4 is 9.64 Å². The first kappa shape index (κ1) is 20.4. The fraction of sp³-hybridized carbons (Fsp3) is 0.409. The second kappa shape index (κ2) is 8.78. The van der Waals surface area contributed by atoms with Crippen molar-refractivity contribution in [2.75, 3.05) is 38.2 Å². The van der Waals surface area contributed by atoms with Crippen molar-refractivity contribution in [1.29, 1.82) is 0 Å². The molecular weight excluding hydrogens is 372 g/mol. The number of methoxy groups -OCH3 is 1. The number of nitrogens with zero attached hydrogens (tertiary/aromatic N) is 2. The summed E-state index contributed by atoms with van der Waals surface area (Å²) in [7, 11) is 1.68. The lowest BCUT2D eigenvalue weighted by atomic mass is 10.2. The largest absolute Gasteiger partial charge is 0.497 e. The fourth-order valence-electron chi connectivity index (χ4n) is 3.05.